The number of likely N-dealkylation sites (N-methyl/N-ethyl adjacent to an activating group) is 1. The maximum Gasteiger partial charge on any atom is 0.268 e. The molecule has 0 radical (unpaired) electrons. The van der Waals surface area contributed by atoms with Crippen molar-refractivity contribution >= 4 is 35.6 Å². The lowest BCUT2D eigenvalue weighted by Crippen LogP contribution is -2.59. The predicted octanol–water partition coefficient (Wildman–Crippen LogP) is 0.0630. The number of amides is 5. The van der Waals surface area contributed by atoms with Crippen LogP contribution in [0.3, 0.4) is 0 Å². The van der Waals surface area contributed by atoms with Gasteiger partial charge in [0.15, 0.2) is 0 Å². The number of nitrogens with zero attached hydrogens (tertiary/aromatic N) is 1. The smallest absolute Gasteiger partial charge is 0.268 e. The molecule has 41 heavy (non-hydrogen) atoms. The first-order chi connectivity index (χ1) is 19.5. The summed E-state index contributed by atoms with van der Waals surface area (Å²) in [6, 6.07) is 14.1. The Morgan fingerprint density at radius 3 is 2.07 bits per heavy atom. The molecular weight excluding hydrogens is 530 g/mol. The summed E-state index contributed by atoms with van der Waals surface area (Å²) in [5.41, 5.74) is 6.70. The van der Waals surface area contributed by atoms with Crippen LogP contribution in [0.2, 0.25) is 0 Å². The van der Waals surface area contributed by atoms with Crippen LogP contribution in [0.4, 0.5) is 0 Å². The monoisotopic (exact) mass is 567 g/mol. The Morgan fingerprint density at radius 2 is 1.51 bits per heavy atom. The van der Waals surface area contributed by atoms with E-state index in [1.807, 2.05) is 6.07 Å². The molecule has 0 aliphatic carbocycles. The van der Waals surface area contributed by atoms with Crippen LogP contribution in [0.5, 0.6) is 0 Å². The number of rotatable bonds is 15. The Labute approximate surface area is 238 Å². The van der Waals surface area contributed by atoms with Gasteiger partial charge in [0.25, 0.3) is 5.91 Å². The van der Waals surface area contributed by atoms with Gasteiger partial charge in [-0.2, -0.15) is 0 Å². The number of hydrogen-bond donors (Lipinski definition) is 5. The summed E-state index contributed by atoms with van der Waals surface area (Å²) in [4.78, 5) is 68.2. The first-order valence-corrected chi connectivity index (χ1v) is 13.0. The summed E-state index contributed by atoms with van der Waals surface area (Å²) in [6.07, 6.45) is 1.23. The van der Waals surface area contributed by atoms with Crippen molar-refractivity contribution in [3.63, 3.8) is 0 Å². The fourth-order valence-electron chi connectivity index (χ4n) is 3.79. The quantitative estimate of drug-likeness (QED) is 0.149. The SMILES string of the molecule is CON(C)C(=O)[C@H](CCC(N)=O)NC(=O)[C@H](Cc1ccccc1)NC(=O)[C@@H](NC(=O)/C=C/c1ccccc1)[C@@H](C)O. The van der Waals surface area contributed by atoms with Crippen molar-refractivity contribution in [2.75, 3.05) is 14.2 Å². The van der Waals surface area contributed by atoms with E-state index in [4.69, 9.17) is 10.6 Å². The highest BCUT2D eigenvalue weighted by atomic mass is 16.7. The maximum atomic E-state index is 13.4. The van der Waals surface area contributed by atoms with Gasteiger partial charge in [0.1, 0.15) is 18.1 Å². The lowest BCUT2D eigenvalue weighted by Gasteiger charge is -2.27. The van der Waals surface area contributed by atoms with Crippen LogP contribution in [0, 0.1) is 0 Å². The van der Waals surface area contributed by atoms with Crippen molar-refractivity contribution in [3.8, 4) is 0 Å². The van der Waals surface area contributed by atoms with Crippen molar-refractivity contribution in [1.82, 2.24) is 21.0 Å². The average molecular weight is 568 g/mol. The topological polar surface area (TPSA) is 180 Å². The van der Waals surface area contributed by atoms with E-state index in [2.05, 4.69) is 16.0 Å². The van der Waals surface area contributed by atoms with Gasteiger partial charge in [0.2, 0.25) is 23.6 Å². The summed E-state index contributed by atoms with van der Waals surface area (Å²) >= 11 is 0. The Balaban J connectivity index is 2.24. The number of aliphatic hydroxyl groups is 1. The molecule has 0 aliphatic rings. The second kappa shape index (κ2) is 16.5. The highest BCUT2D eigenvalue weighted by Crippen LogP contribution is 2.08. The number of nitrogens with one attached hydrogen (secondary N) is 3. The highest BCUT2D eigenvalue weighted by Gasteiger charge is 2.32. The van der Waals surface area contributed by atoms with Gasteiger partial charge in [0, 0.05) is 26.0 Å². The molecule has 0 saturated carbocycles. The minimum Gasteiger partial charge on any atom is -0.391 e. The third kappa shape index (κ3) is 11.2. The standard InChI is InChI=1S/C29H37N5O7/c1-19(35)26(33-25(37)17-14-20-10-6-4-7-11-20)28(39)32-23(18-21-12-8-5-9-13-21)27(38)31-22(15-16-24(30)36)29(40)34(2)41-3/h4-14,17,19,22-23,26,35H,15-16,18H2,1-3H3,(H2,30,36)(H,31,38)(H,32,39)(H,33,37)/b17-14+/t19-,22+,23+,26+/m1/s1. The first kappa shape index (κ1) is 32.7. The van der Waals surface area contributed by atoms with E-state index in [1.165, 1.54) is 27.2 Å². The molecule has 6 N–H and O–H groups in total. The van der Waals surface area contributed by atoms with Crippen molar-refractivity contribution in [2.24, 2.45) is 5.73 Å². The molecule has 0 bridgehead atoms. The van der Waals surface area contributed by atoms with Gasteiger partial charge in [-0.15, -0.1) is 0 Å². The van der Waals surface area contributed by atoms with Crippen molar-refractivity contribution in [3.05, 3.63) is 77.9 Å². The molecule has 0 saturated heterocycles. The van der Waals surface area contributed by atoms with Gasteiger partial charge in [0.05, 0.1) is 13.2 Å². The van der Waals surface area contributed by atoms with Crippen LogP contribution in [-0.4, -0.2) is 78.1 Å². The fourth-order valence-corrected chi connectivity index (χ4v) is 3.79. The number of hydroxylamine groups is 2. The van der Waals surface area contributed by atoms with Crippen molar-refractivity contribution in [1.29, 1.82) is 0 Å². The molecule has 5 amide bonds. The van der Waals surface area contributed by atoms with Crippen LogP contribution in [0.25, 0.3) is 6.08 Å². The van der Waals surface area contributed by atoms with E-state index in [0.717, 1.165) is 10.6 Å². The second-order valence-electron chi connectivity index (χ2n) is 9.31. The van der Waals surface area contributed by atoms with Crippen molar-refractivity contribution < 1.29 is 33.9 Å². The summed E-state index contributed by atoms with van der Waals surface area (Å²) < 4.78 is 0. The molecule has 2 aromatic rings. The number of aliphatic hydroxyl groups excluding tert-OH is 1. The van der Waals surface area contributed by atoms with E-state index in [0.29, 0.717) is 5.56 Å². The number of carbonyl (C=O) groups excluding carboxylic acids is 5. The summed E-state index contributed by atoms with van der Waals surface area (Å²) in [5, 5.41) is 18.8. The van der Waals surface area contributed by atoms with Crippen molar-refractivity contribution in [2.45, 2.75) is 50.4 Å². The molecule has 12 heteroatoms. The lowest BCUT2D eigenvalue weighted by molar-refractivity contribution is -0.172. The molecule has 0 heterocycles. The third-order valence-electron chi connectivity index (χ3n) is 6.08. The number of primary amides is 1. The van der Waals surface area contributed by atoms with Gasteiger partial charge in [-0.25, -0.2) is 5.06 Å². The van der Waals surface area contributed by atoms with Gasteiger partial charge >= 0.3 is 0 Å². The molecule has 0 spiro atoms. The molecule has 2 rings (SSSR count). The fraction of sp³-hybridized carbons (Fsp3) is 0.345. The largest absolute Gasteiger partial charge is 0.391 e. The molecule has 4 atom stereocenters. The number of carbonyl (C=O) groups is 5. The zero-order valence-electron chi connectivity index (χ0n) is 23.3. The number of nitrogens with two attached hydrogens (primary N) is 1. The van der Waals surface area contributed by atoms with Crippen LogP contribution in [0.15, 0.2) is 66.7 Å². The maximum absolute atomic E-state index is 13.4. The van der Waals surface area contributed by atoms with E-state index in [-0.39, 0.29) is 19.3 Å². The van der Waals surface area contributed by atoms with Crippen LogP contribution >= 0.6 is 0 Å². The molecule has 0 aliphatic heterocycles. The average Bonchev–Trinajstić information content (AvgIpc) is 2.96. The minimum absolute atomic E-state index is 0.0314. The Kier molecular flexibility index (Phi) is 13.2. The minimum atomic E-state index is -1.39. The Hall–Kier alpha value is -4.55. The zero-order valence-corrected chi connectivity index (χ0v) is 23.3. The van der Waals surface area contributed by atoms with E-state index >= 15 is 0 Å². The number of hydrogen-bond acceptors (Lipinski definition) is 7. The lowest BCUT2D eigenvalue weighted by atomic mass is 10.0. The highest BCUT2D eigenvalue weighted by molar-refractivity contribution is 5.97. The summed E-state index contributed by atoms with van der Waals surface area (Å²) in [5.74, 6) is -3.46. The molecular formula is C29H37N5O7. The second-order valence-corrected chi connectivity index (χ2v) is 9.31. The van der Waals surface area contributed by atoms with Gasteiger partial charge < -0.3 is 26.8 Å². The Morgan fingerprint density at radius 1 is 0.927 bits per heavy atom. The third-order valence-corrected chi connectivity index (χ3v) is 6.08. The van der Waals surface area contributed by atoms with Gasteiger partial charge in [-0.1, -0.05) is 60.7 Å². The summed E-state index contributed by atoms with van der Waals surface area (Å²) in [6.45, 7) is 1.33. The zero-order chi connectivity index (χ0) is 30.4. The predicted molar refractivity (Wildman–Crippen MR) is 151 cm³/mol. The molecule has 12 nitrogen and oxygen atoms in total. The van der Waals surface area contributed by atoms with E-state index in [1.54, 1.807) is 60.7 Å². The molecule has 2 aromatic carbocycles. The van der Waals surface area contributed by atoms with Crippen LogP contribution in [-0.2, 0) is 35.2 Å². The number of benzene rings is 2. The van der Waals surface area contributed by atoms with Crippen LogP contribution in [0.1, 0.15) is 30.9 Å². The molecule has 0 unspecified atom stereocenters. The van der Waals surface area contributed by atoms with E-state index in [9.17, 15) is 29.1 Å². The van der Waals surface area contributed by atoms with Gasteiger partial charge in [-0.3, -0.25) is 28.8 Å². The molecule has 220 valence electrons. The van der Waals surface area contributed by atoms with Crippen LogP contribution < -0.4 is 21.7 Å². The van der Waals surface area contributed by atoms with E-state index < -0.39 is 53.8 Å². The molecule has 0 aromatic heterocycles. The normalized spacial score (nSPS) is 13.9. The first-order valence-electron chi connectivity index (χ1n) is 13.0. The molecule has 0 fully saturated rings. The Bertz CT molecular complexity index is 1200. The summed E-state index contributed by atoms with van der Waals surface area (Å²) in [7, 11) is 2.61. The van der Waals surface area contributed by atoms with Gasteiger partial charge in [-0.05, 0) is 30.5 Å².